The standard InChI is InChI=1S/C26H32F3N5O3/c1-5-34(24(35)32-21(26(27,28)29)15-25(10-11-25)37-6-2)17(3)18-8-7-9-19(14-18)20-16-33-13-12-30-22(33)23(31-20)36-4/h7-9,12-14,16-17,21H,5-6,10-11,15H2,1-4H3,(H,32,35)/t17-,21?/m1/s1. The summed E-state index contributed by atoms with van der Waals surface area (Å²) in [6.45, 7) is 5.85. The Balaban J connectivity index is 1.55. The van der Waals surface area contributed by atoms with Crippen LogP contribution in [-0.2, 0) is 4.74 Å². The highest BCUT2D eigenvalue weighted by atomic mass is 19.4. The molecule has 1 fully saturated rings. The molecule has 2 atom stereocenters. The van der Waals surface area contributed by atoms with Gasteiger partial charge in [0.1, 0.15) is 6.04 Å². The van der Waals surface area contributed by atoms with E-state index in [0.29, 0.717) is 36.7 Å². The summed E-state index contributed by atoms with van der Waals surface area (Å²) < 4.78 is 54.3. The van der Waals surface area contributed by atoms with Crippen molar-refractivity contribution in [2.24, 2.45) is 0 Å². The van der Waals surface area contributed by atoms with Crippen LogP contribution in [0.3, 0.4) is 0 Å². The monoisotopic (exact) mass is 519 g/mol. The van der Waals surface area contributed by atoms with Crippen LogP contribution in [-0.4, -0.2) is 63.4 Å². The van der Waals surface area contributed by atoms with Gasteiger partial charge >= 0.3 is 12.2 Å². The van der Waals surface area contributed by atoms with Crippen LogP contribution < -0.4 is 10.1 Å². The maximum Gasteiger partial charge on any atom is 0.408 e. The Labute approximate surface area is 213 Å². The van der Waals surface area contributed by atoms with Gasteiger partial charge in [0.05, 0.1) is 24.4 Å². The maximum atomic E-state index is 13.8. The van der Waals surface area contributed by atoms with Crippen molar-refractivity contribution in [2.45, 2.75) is 63.9 Å². The number of halogens is 3. The molecule has 3 aromatic rings. The van der Waals surface area contributed by atoms with Gasteiger partial charge in [0, 0.05) is 43.7 Å². The summed E-state index contributed by atoms with van der Waals surface area (Å²) in [5.41, 5.74) is 1.95. The van der Waals surface area contributed by atoms with E-state index in [1.807, 2.05) is 30.5 Å². The number of hydrogen-bond donors (Lipinski definition) is 1. The lowest BCUT2D eigenvalue weighted by molar-refractivity contribution is -0.163. The van der Waals surface area contributed by atoms with E-state index in [9.17, 15) is 18.0 Å². The molecule has 2 aromatic heterocycles. The van der Waals surface area contributed by atoms with Gasteiger partial charge in [-0.25, -0.2) is 14.8 Å². The molecule has 2 amide bonds. The molecule has 11 heteroatoms. The van der Waals surface area contributed by atoms with Gasteiger partial charge in [-0.3, -0.25) is 0 Å². The fourth-order valence-corrected chi connectivity index (χ4v) is 4.62. The molecule has 1 unspecified atom stereocenters. The van der Waals surface area contributed by atoms with E-state index < -0.39 is 29.9 Å². The second-order valence-corrected chi connectivity index (χ2v) is 9.24. The Morgan fingerprint density at radius 1 is 1.30 bits per heavy atom. The number of alkyl halides is 3. The molecule has 200 valence electrons. The van der Waals surface area contributed by atoms with E-state index in [0.717, 1.165) is 11.1 Å². The minimum absolute atomic E-state index is 0.228. The lowest BCUT2D eigenvalue weighted by Gasteiger charge is -2.32. The smallest absolute Gasteiger partial charge is 0.408 e. The maximum absolute atomic E-state index is 13.8. The lowest BCUT2D eigenvalue weighted by atomic mass is 10.0. The molecule has 0 aliphatic heterocycles. The number of amides is 2. The average Bonchev–Trinajstić information content (AvgIpc) is 3.45. The largest absolute Gasteiger partial charge is 0.478 e. The van der Waals surface area contributed by atoms with Gasteiger partial charge in [0.15, 0.2) is 5.65 Å². The molecule has 37 heavy (non-hydrogen) atoms. The third-order valence-electron chi connectivity index (χ3n) is 6.80. The Kier molecular flexibility index (Phi) is 7.63. The first-order valence-corrected chi connectivity index (χ1v) is 12.4. The fraction of sp³-hybridized carbons (Fsp3) is 0.500. The molecular weight excluding hydrogens is 487 g/mol. The van der Waals surface area contributed by atoms with Crippen LogP contribution in [0.2, 0.25) is 0 Å². The number of benzene rings is 1. The zero-order valence-corrected chi connectivity index (χ0v) is 21.4. The molecule has 1 N–H and O–H groups in total. The van der Waals surface area contributed by atoms with Gasteiger partial charge in [-0.05, 0) is 45.2 Å². The van der Waals surface area contributed by atoms with Crippen molar-refractivity contribution < 1.29 is 27.4 Å². The van der Waals surface area contributed by atoms with Crippen molar-refractivity contribution in [1.82, 2.24) is 24.6 Å². The predicted molar refractivity (Wildman–Crippen MR) is 132 cm³/mol. The highest BCUT2D eigenvalue weighted by molar-refractivity contribution is 5.75. The summed E-state index contributed by atoms with van der Waals surface area (Å²) in [6, 6.07) is 4.18. The molecule has 0 saturated heterocycles. The molecule has 1 saturated carbocycles. The van der Waals surface area contributed by atoms with E-state index in [2.05, 4.69) is 15.3 Å². The summed E-state index contributed by atoms with van der Waals surface area (Å²) in [6.07, 6.45) is 1.50. The molecule has 2 heterocycles. The third kappa shape index (κ3) is 5.82. The number of ether oxygens (including phenoxy) is 2. The molecule has 1 aliphatic carbocycles. The number of fused-ring (bicyclic) bond motifs is 1. The van der Waals surface area contributed by atoms with Gasteiger partial charge in [0.25, 0.3) is 5.88 Å². The number of aromatic nitrogens is 3. The van der Waals surface area contributed by atoms with E-state index in [1.165, 1.54) is 12.0 Å². The Morgan fingerprint density at radius 3 is 2.68 bits per heavy atom. The molecule has 1 aromatic carbocycles. The topological polar surface area (TPSA) is 81.0 Å². The SMILES string of the molecule is CCOC1(CC(NC(=O)N(CC)[C@H](C)c2cccc(-c3cn4ccnc4c(OC)n3)c2)C(F)(F)F)CC1. The summed E-state index contributed by atoms with van der Waals surface area (Å²) in [7, 11) is 1.52. The van der Waals surface area contributed by atoms with Crippen LogP contribution in [0.4, 0.5) is 18.0 Å². The number of nitrogens with one attached hydrogen (secondary N) is 1. The molecular formula is C26H32F3N5O3. The van der Waals surface area contributed by atoms with Crippen molar-refractivity contribution in [3.63, 3.8) is 0 Å². The third-order valence-corrected chi connectivity index (χ3v) is 6.80. The number of hydrogen-bond acceptors (Lipinski definition) is 5. The Hall–Kier alpha value is -3.34. The zero-order chi connectivity index (χ0) is 26.8. The van der Waals surface area contributed by atoms with Gasteiger partial charge < -0.3 is 24.1 Å². The van der Waals surface area contributed by atoms with Crippen LogP contribution in [0.25, 0.3) is 16.9 Å². The lowest BCUT2D eigenvalue weighted by Crippen LogP contribution is -2.52. The predicted octanol–water partition coefficient (Wildman–Crippen LogP) is 5.39. The molecule has 1 aliphatic rings. The molecule has 0 spiro atoms. The second kappa shape index (κ2) is 10.6. The number of carbonyl (C=O) groups excluding carboxylic acids is 1. The van der Waals surface area contributed by atoms with Crippen LogP contribution in [0.5, 0.6) is 5.88 Å². The number of nitrogens with zero attached hydrogens (tertiary/aromatic N) is 4. The van der Waals surface area contributed by atoms with Gasteiger partial charge in [-0.2, -0.15) is 13.2 Å². The fourth-order valence-electron chi connectivity index (χ4n) is 4.62. The van der Waals surface area contributed by atoms with Crippen molar-refractivity contribution >= 4 is 11.7 Å². The van der Waals surface area contributed by atoms with E-state index >= 15 is 0 Å². The van der Waals surface area contributed by atoms with Crippen LogP contribution in [0, 0.1) is 0 Å². The van der Waals surface area contributed by atoms with Crippen LogP contribution >= 0.6 is 0 Å². The van der Waals surface area contributed by atoms with Crippen molar-refractivity contribution in [3.8, 4) is 17.1 Å². The number of carbonyl (C=O) groups is 1. The number of urea groups is 1. The van der Waals surface area contributed by atoms with E-state index in [1.54, 1.807) is 37.6 Å². The van der Waals surface area contributed by atoms with Gasteiger partial charge in [-0.15, -0.1) is 0 Å². The zero-order valence-electron chi connectivity index (χ0n) is 21.4. The minimum atomic E-state index is -4.58. The van der Waals surface area contributed by atoms with Crippen molar-refractivity contribution in [1.29, 1.82) is 0 Å². The highest BCUT2D eigenvalue weighted by Gasteiger charge is 2.52. The van der Waals surface area contributed by atoms with Gasteiger partial charge in [-0.1, -0.05) is 18.2 Å². The van der Waals surface area contributed by atoms with Crippen LogP contribution in [0.1, 0.15) is 51.6 Å². The van der Waals surface area contributed by atoms with Gasteiger partial charge in [0.2, 0.25) is 0 Å². The summed E-state index contributed by atoms with van der Waals surface area (Å²) in [5, 5.41) is 2.23. The summed E-state index contributed by atoms with van der Waals surface area (Å²) in [5.74, 6) is 0.370. The first-order valence-electron chi connectivity index (χ1n) is 12.4. The first-order chi connectivity index (χ1) is 17.6. The minimum Gasteiger partial charge on any atom is -0.478 e. The number of rotatable bonds is 10. The molecule has 4 rings (SSSR count). The number of methoxy groups -OCH3 is 1. The van der Waals surface area contributed by atoms with E-state index in [4.69, 9.17) is 9.47 Å². The number of imidazole rings is 1. The second-order valence-electron chi connectivity index (χ2n) is 9.24. The summed E-state index contributed by atoms with van der Waals surface area (Å²) >= 11 is 0. The quantitative estimate of drug-likeness (QED) is 0.389. The van der Waals surface area contributed by atoms with E-state index in [-0.39, 0.29) is 13.0 Å². The average molecular weight is 520 g/mol. The molecule has 8 nitrogen and oxygen atoms in total. The molecule has 0 bridgehead atoms. The Bertz CT molecular complexity index is 1240. The Morgan fingerprint density at radius 2 is 2.05 bits per heavy atom. The molecule has 0 radical (unpaired) electrons. The van der Waals surface area contributed by atoms with Crippen molar-refractivity contribution in [3.05, 3.63) is 48.4 Å². The normalized spacial score (nSPS) is 16.3. The van der Waals surface area contributed by atoms with Crippen LogP contribution in [0.15, 0.2) is 42.9 Å². The van der Waals surface area contributed by atoms with Crippen molar-refractivity contribution in [2.75, 3.05) is 20.3 Å². The summed E-state index contributed by atoms with van der Waals surface area (Å²) in [4.78, 5) is 23.3. The highest BCUT2D eigenvalue weighted by Crippen LogP contribution is 2.45. The first kappa shape index (κ1) is 26.7.